The SMILES string of the molecule is C[n+]1ccccc1/C=C/c1c(Cl)cccc1Cl. The fourth-order valence-corrected chi connectivity index (χ4v) is 2.07. The highest BCUT2D eigenvalue weighted by atomic mass is 35.5. The van der Waals surface area contributed by atoms with E-state index in [0.29, 0.717) is 10.0 Å². The minimum atomic E-state index is 0.660. The summed E-state index contributed by atoms with van der Waals surface area (Å²) >= 11 is 12.2. The van der Waals surface area contributed by atoms with Crippen LogP contribution in [0.5, 0.6) is 0 Å². The van der Waals surface area contributed by atoms with E-state index in [2.05, 4.69) is 0 Å². The molecule has 3 heteroatoms. The highest BCUT2D eigenvalue weighted by Gasteiger charge is 2.03. The van der Waals surface area contributed by atoms with Gasteiger partial charge in [0.25, 0.3) is 0 Å². The Labute approximate surface area is 111 Å². The smallest absolute Gasteiger partial charge is 0.202 e. The van der Waals surface area contributed by atoms with E-state index < -0.39 is 0 Å². The van der Waals surface area contributed by atoms with Gasteiger partial charge in [0.15, 0.2) is 6.20 Å². The first-order valence-electron chi connectivity index (χ1n) is 5.25. The highest BCUT2D eigenvalue weighted by Crippen LogP contribution is 2.25. The number of aromatic nitrogens is 1. The molecule has 0 N–H and O–H groups in total. The summed E-state index contributed by atoms with van der Waals surface area (Å²) in [5.41, 5.74) is 1.93. The van der Waals surface area contributed by atoms with E-state index in [1.54, 1.807) is 0 Å². The molecule has 0 fully saturated rings. The summed E-state index contributed by atoms with van der Waals surface area (Å²) < 4.78 is 2.03. The molecule has 0 spiro atoms. The summed E-state index contributed by atoms with van der Waals surface area (Å²) in [6.45, 7) is 0. The lowest BCUT2D eigenvalue weighted by Gasteiger charge is -2.00. The Kier molecular flexibility index (Phi) is 3.82. The Bertz CT molecular complexity index is 542. The zero-order chi connectivity index (χ0) is 12.3. The average Bonchev–Trinajstić information content (AvgIpc) is 2.30. The predicted molar refractivity (Wildman–Crippen MR) is 73.0 cm³/mol. The van der Waals surface area contributed by atoms with Gasteiger partial charge in [-0.15, -0.1) is 0 Å². The van der Waals surface area contributed by atoms with E-state index in [1.807, 2.05) is 66.4 Å². The molecule has 1 aromatic carbocycles. The first-order valence-corrected chi connectivity index (χ1v) is 6.01. The lowest BCUT2D eigenvalue weighted by atomic mass is 10.2. The maximum Gasteiger partial charge on any atom is 0.204 e. The molecule has 0 radical (unpaired) electrons. The second-order valence-electron chi connectivity index (χ2n) is 3.71. The van der Waals surface area contributed by atoms with Crippen LogP contribution in [0.3, 0.4) is 0 Å². The van der Waals surface area contributed by atoms with Gasteiger partial charge in [-0.1, -0.05) is 29.3 Å². The van der Waals surface area contributed by atoms with Gasteiger partial charge in [0.2, 0.25) is 5.69 Å². The van der Waals surface area contributed by atoms with Crippen molar-refractivity contribution in [3.05, 3.63) is 63.9 Å². The van der Waals surface area contributed by atoms with Crippen LogP contribution >= 0.6 is 23.2 Å². The minimum absolute atomic E-state index is 0.660. The molecular weight excluding hydrogens is 253 g/mol. The maximum absolute atomic E-state index is 6.09. The normalized spacial score (nSPS) is 11.0. The van der Waals surface area contributed by atoms with Crippen molar-refractivity contribution >= 4 is 35.4 Å². The van der Waals surface area contributed by atoms with Gasteiger partial charge in [0.05, 0.1) is 0 Å². The van der Waals surface area contributed by atoms with Gasteiger partial charge in [0, 0.05) is 33.8 Å². The third kappa shape index (κ3) is 2.87. The van der Waals surface area contributed by atoms with Crippen LogP contribution in [0, 0.1) is 0 Å². The van der Waals surface area contributed by atoms with Gasteiger partial charge < -0.3 is 0 Å². The number of pyridine rings is 1. The van der Waals surface area contributed by atoms with Crippen molar-refractivity contribution < 1.29 is 4.57 Å². The molecule has 0 saturated heterocycles. The molecule has 0 amide bonds. The molecule has 86 valence electrons. The lowest BCUT2D eigenvalue weighted by molar-refractivity contribution is -0.673. The van der Waals surface area contributed by atoms with Crippen molar-refractivity contribution in [3.8, 4) is 0 Å². The maximum atomic E-state index is 6.09. The van der Waals surface area contributed by atoms with Crippen LogP contribution in [0.25, 0.3) is 12.2 Å². The lowest BCUT2D eigenvalue weighted by Crippen LogP contribution is -2.30. The van der Waals surface area contributed by atoms with Gasteiger partial charge in [0.1, 0.15) is 7.05 Å². The summed E-state index contributed by atoms with van der Waals surface area (Å²) in [6, 6.07) is 11.5. The van der Waals surface area contributed by atoms with Gasteiger partial charge in [-0.05, 0) is 24.3 Å². The van der Waals surface area contributed by atoms with Gasteiger partial charge >= 0.3 is 0 Å². The molecule has 0 aliphatic carbocycles. The molecule has 1 aromatic heterocycles. The third-order valence-corrected chi connectivity index (χ3v) is 3.17. The van der Waals surface area contributed by atoms with Crippen molar-refractivity contribution in [2.45, 2.75) is 0 Å². The minimum Gasteiger partial charge on any atom is -0.202 e. The van der Waals surface area contributed by atoms with Crippen LogP contribution in [0.4, 0.5) is 0 Å². The molecule has 1 heterocycles. The van der Waals surface area contributed by atoms with Crippen molar-refractivity contribution in [1.82, 2.24) is 0 Å². The summed E-state index contributed by atoms with van der Waals surface area (Å²) in [5, 5.41) is 1.32. The van der Waals surface area contributed by atoms with Crippen molar-refractivity contribution in [2.75, 3.05) is 0 Å². The fraction of sp³-hybridized carbons (Fsp3) is 0.0714. The molecule has 0 unspecified atom stereocenters. The van der Waals surface area contributed by atoms with E-state index in [9.17, 15) is 0 Å². The number of hydrogen-bond donors (Lipinski definition) is 0. The monoisotopic (exact) mass is 264 g/mol. The molecule has 0 atom stereocenters. The Hall–Kier alpha value is -1.31. The molecule has 0 aliphatic rings. The Morgan fingerprint density at radius 2 is 1.65 bits per heavy atom. The number of rotatable bonds is 2. The van der Waals surface area contributed by atoms with E-state index >= 15 is 0 Å². The molecule has 2 aromatic rings. The summed E-state index contributed by atoms with van der Waals surface area (Å²) in [5.74, 6) is 0. The van der Waals surface area contributed by atoms with Crippen molar-refractivity contribution in [3.63, 3.8) is 0 Å². The van der Waals surface area contributed by atoms with E-state index in [4.69, 9.17) is 23.2 Å². The van der Waals surface area contributed by atoms with Crippen LogP contribution in [0.1, 0.15) is 11.3 Å². The standard InChI is InChI=1S/C14H12Cl2N/c1-17-10-3-2-5-11(17)8-9-12-13(15)6-4-7-14(12)16/h2-10H,1H3/q+1/b9-8+. The van der Waals surface area contributed by atoms with Crippen LogP contribution < -0.4 is 4.57 Å². The zero-order valence-electron chi connectivity index (χ0n) is 9.40. The predicted octanol–water partition coefficient (Wildman–Crippen LogP) is 3.99. The van der Waals surface area contributed by atoms with Crippen LogP contribution in [-0.2, 0) is 7.05 Å². The first-order chi connectivity index (χ1) is 8.18. The summed E-state index contributed by atoms with van der Waals surface area (Å²) in [7, 11) is 1.99. The second kappa shape index (κ2) is 5.35. The van der Waals surface area contributed by atoms with E-state index in [1.165, 1.54) is 0 Å². The Balaban J connectivity index is 2.36. The van der Waals surface area contributed by atoms with E-state index in [0.717, 1.165) is 11.3 Å². The molecule has 2 rings (SSSR count). The van der Waals surface area contributed by atoms with Crippen LogP contribution in [-0.4, -0.2) is 0 Å². The first kappa shape index (κ1) is 12.2. The topological polar surface area (TPSA) is 3.88 Å². The highest BCUT2D eigenvalue weighted by molar-refractivity contribution is 6.37. The summed E-state index contributed by atoms with van der Waals surface area (Å²) in [4.78, 5) is 0. The van der Waals surface area contributed by atoms with Crippen LogP contribution in [0.15, 0.2) is 42.6 Å². The Morgan fingerprint density at radius 3 is 2.29 bits per heavy atom. The molecule has 17 heavy (non-hydrogen) atoms. The second-order valence-corrected chi connectivity index (χ2v) is 4.52. The quantitative estimate of drug-likeness (QED) is 0.723. The zero-order valence-corrected chi connectivity index (χ0v) is 10.9. The van der Waals surface area contributed by atoms with Gasteiger partial charge in [-0.2, -0.15) is 0 Å². The van der Waals surface area contributed by atoms with Gasteiger partial charge in [-0.3, -0.25) is 0 Å². The number of benzene rings is 1. The number of aryl methyl sites for hydroxylation is 1. The fourth-order valence-electron chi connectivity index (χ4n) is 1.55. The van der Waals surface area contributed by atoms with Crippen molar-refractivity contribution in [2.24, 2.45) is 7.05 Å². The molecule has 0 saturated carbocycles. The molecule has 1 nitrogen and oxygen atoms in total. The third-order valence-electron chi connectivity index (χ3n) is 2.52. The summed E-state index contributed by atoms with van der Waals surface area (Å²) in [6.07, 6.45) is 5.92. The molecule has 0 aliphatic heterocycles. The average molecular weight is 265 g/mol. The number of halogens is 2. The molecule has 0 bridgehead atoms. The Morgan fingerprint density at radius 1 is 0.941 bits per heavy atom. The number of nitrogens with zero attached hydrogens (tertiary/aromatic N) is 1. The molecular formula is C14H12Cl2N+. The van der Waals surface area contributed by atoms with E-state index in [-0.39, 0.29) is 0 Å². The van der Waals surface area contributed by atoms with Gasteiger partial charge in [-0.25, -0.2) is 4.57 Å². The number of hydrogen-bond acceptors (Lipinski definition) is 0. The van der Waals surface area contributed by atoms with Crippen LogP contribution in [0.2, 0.25) is 10.0 Å². The largest absolute Gasteiger partial charge is 0.204 e. The van der Waals surface area contributed by atoms with Crippen molar-refractivity contribution in [1.29, 1.82) is 0 Å².